The fraction of sp³-hybridized carbons (Fsp3) is 0.737. The van der Waals surface area contributed by atoms with Gasteiger partial charge in [-0.25, -0.2) is 14.8 Å². The highest BCUT2D eigenvalue weighted by Crippen LogP contribution is 2.40. The molecule has 146 valence electrons. The maximum Gasteiger partial charge on any atom is 0.320 e. The number of fused-ring (bicyclic) bond motifs is 2. The van der Waals surface area contributed by atoms with Crippen LogP contribution < -0.4 is 4.90 Å². The smallest absolute Gasteiger partial charge is 0.320 e. The van der Waals surface area contributed by atoms with Gasteiger partial charge >= 0.3 is 6.03 Å². The summed E-state index contributed by atoms with van der Waals surface area (Å²) in [6.07, 6.45) is 5.05. The monoisotopic (exact) mass is 373 g/mol. The van der Waals surface area contributed by atoms with Crippen molar-refractivity contribution in [2.24, 2.45) is 0 Å². The molecule has 1 aromatic heterocycles. The Bertz CT molecular complexity index is 717. The minimum Gasteiger partial charge on any atom is -0.378 e. The van der Waals surface area contributed by atoms with E-state index in [1.165, 1.54) is 0 Å². The number of morpholine rings is 1. The molecule has 0 radical (unpaired) electrons. The third-order valence-electron chi connectivity index (χ3n) is 6.28. The second-order valence-corrected chi connectivity index (χ2v) is 8.06. The van der Waals surface area contributed by atoms with Crippen LogP contribution in [-0.2, 0) is 21.5 Å². The molecule has 4 aliphatic heterocycles. The number of carbonyl (C=O) groups is 1. The van der Waals surface area contributed by atoms with E-state index >= 15 is 0 Å². The average Bonchev–Trinajstić information content (AvgIpc) is 3.39. The Kier molecular flexibility index (Phi) is 4.40. The van der Waals surface area contributed by atoms with E-state index in [4.69, 9.17) is 14.5 Å². The van der Waals surface area contributed by atoms with Crippen molar-refractivity contribution in [3.8, 4) is 0 Å². The van der Waals surface area contributed by atoms with E-state index in [1.54, 1.807) is 0 Å². The molecule has 0 aliphatic carbocycles. The minimum absolute atomic E-state index is 0.180. The van der Waals surface area contributed by atoms with Gasteiger partial charge in [-0.2, -0.15) is 0 Å². The molecule has 0 aromatic carbocycles. The van der Waals surface area contributed by atoms with Crippen molar-refractivity contribution in [3.05, 3.63) is 17.5 Å². The highest BCUT2D eigenvalue weighted by atomic mass is 16.5. The van der Waals surface area contributed by atoms with E-state index in [0.717, 1.165) is 69.2 Å². The fourth-order valence-electron chi connectivity index (χ4n) is 4.76. The van der Waals surface area contributed by atoms with E-state index in [0.29, 0.717) is 33.0 Å². The second kappa shape index (κ2) is 6.91. The van der Waals surface area contributed by atoms with Crippen LogP contribution in [0.4, 0.5) is 10.7 Å². The Hall–Kier alpha value is -1.93. The summed E-state index contributed by atoms with van der Waals surface area (Å²) in [5, 5.41) is 0. The molecular formula is C19H27N5O3. The largest absolute Gasteiger partial charge is 0.378 e. The topological polar surface area (TPSA) is 71.0 Å². The Morgan fingerprint density at radius 1 is 1.04 bits per heavy atom. The van der Waals surface area contributed by atoms with E-state index in [9.17, 15) is 4.79 Å². The Balaban J connectivity index is 1.40. The van der Waals surface area contributed by atoms with Crippen LogP contribution in [0.1, 0.15) is 30.5 Å². The molecule has 0 N–H and O–H groups in total. The van der Waals surface area contributed by atoms with Crippen molar-refractivity contribution in [2.45, 2.75) is 31.3 Å². The zero-order valence-corrected chi connectivity index (χ0v) is 15.7. The molecule has 5 heterocycles. The fourth-order valence-corrected chi connectivity index (χ4v) is 4.76. The Morgan fingerprint density at radius 3 is 2.67 bits per heavy atom. The number of carbonyl (C=O) groups excluding carboxylic acids is 1. The van der Waals surface area contributed by atoms with Crippen LogP contribution in [0.5, 0.6) is 0 Å². The van der Waals surface area contributed by atoms with Crippen molar-refractivity contribution in [1.29, 1.82) is 0 Å². The molecule has 3 saturated heterocycles. The number of rotatable bonds is 1. The van der Waals surface area contributed by atoms with E-state index < -0.39 is 0 Å². The molecule has 3 fully saturated rings. The quantitative estimate of drug-likeness (QED) is 0.732. The summed E-state index contributed by atoms with van der Waals surface area (Å²) < 4.78 is 11.4. The summed E-state index contributed by atoms with van der Waals surface area (Å²) in [6.45, 7) is 7.49. The number of nitrogens with zero attached hydrogens (tertiary/aromatic N) is 5. The molecule has 27 heavy (non-hydrogen) atoms. The Labute approximate surface area is 159 Å². The van der Waals surface area contributed by atoms with Crippen molar-refractivity contribution in [2.75, 3.05) is 64.0 Å². The highest BCUT2D eigenvalue weighted by Gasteiger charge is 2.47. The number of hydrogen-bond acceptors (Lipinski definition) is 6. The number of amides is 2. The summed E-state index contributed by atoms with van der Waals surface area (Å²) in [6, 6.07) is 0.180. The maximum atomic E-state index is 12.9. The first-order valence-corrected chi connectivity index (χ1v) is 10.1. The molecule has 8 heteroatoms. The zero-order valence-electron chi connectivity index (χ0n) is 15.7. The molecular weight excluding hydrogens is 346 g/mol. The van der Waals surface area contributed by atoms with Crippen LogP contribution in [0.3, 0.4) is 0 Å². The first-order valence-electron chi connectivity index (χ1n) is 10.1. The lowest BCUT2D eigenvalue weighted by atomic mass is 9.80. The number of likely N-dealkylation sites (tertiary alicyclic amines) is 2. The van der Waals surface area contributed by atoms with Crippen LogP contribution in [0.15, 0.2) is 6.20 Å². The molecule has 8 nitrogen and oxygen atoms in total. The van der Waals surface area contributed by atoms with Gasteiger partial charge in [-0.3, -0.25) is 0 Å². The first kappa shape index (κ1) is 17.2. The lowest BCUT2D eigenvalue weighted by Gasteiger charge is -2.36. The van der Waals surface area contributed by atoms with Gasteiger partial charge in [-0.1, -0.05) is 0 Å². The van der Waals surface area contributed by atoms with Crippen molar-refractivity contribution in [3.63, 3.8) is 0 Å². The van der Waals surface area contributed by atoms with Crippen LogP contribution in [0.2, 0.25) is 0 Å². The summed E-state index contributed by atoms with van der Waals surface area (Å²) in [5.41, 5.74) is 1.95. The molecule has 5 rings (SSSR count). The van der Waals surface area contributed by atoms with Gasteiger partial charge < -0.3 is 24.2 Å². The molecule has 1 unspecified atom stereocenters. The van der Waals surface area contributed by atoms with Crippen molar-refractivity contribution in [1.82, 2.24) is 19.8 Å². The average molecular weight is 373 g/mol. The summed E-state index contributed by atoms with van der Waals surface area (Å²) in [7, 11) is 0. The maximum absolute atomic E-state index is 12.9. The van der Waals surface area contributed by atoms with E-state index in [1.807, 2.05) is 16.0 Å². The van der Waals surface area contributed by atoms with Gasteiger partial charge in [0.15, 0.2) is 0 Å². The summed E-state index contributed by atoms with van der Waals surface area (Å²) in [4.78, 5) is 28.6. The third kappa shape index (κ3) is 3.04. The highest BCUT2D eigenvalue weighted by molar-refractivity contribution is 5.75. The third-order valence-corrected chi connectivity index (χ3v) is 6.28. The van der Waals surface area contributed by atoms with E-state index in [2.05, 4.69) is 9.88 Å². The van der Waals surface area contributed by atoms with Crippen molar-refractivity contribution < 1.29 is 14.3 Å². The van der Waals surface area contributed by atoms with Gasteiger partial charge in [-0.15, -0.1) is 0 Å². The van der Waals surface area contributed by atoms with Gasteiger partial charge in [0.25, 0.3) is 0 Å². The number of hydrogen-bond donors (Lipinski definition) is 0. The second-order valence-electron chi connectivity index (χ2n) is 8.06. The molecule has 1 spiro atoms. The SMILES string of the molecule is O=C(N1CCCC1)N1CCC2(COCc3cnc(N4CCOCC4)nc32)C1. The molecule has 0 saturated carbocycles. The molecule has 0 bridgehead atoms. The van der Waals surface area contributed by atoms with Gasteiger partial charge in [0.05, 0.1) is 37.5 Å². The molecule has 2 amide bonds. The Morgan fingerprint density at radius 2 is 1.85 bits per heavy atom. The predicted molar refractivity (Wildman–Crippen MR) is 98.8 cm³/mol. The molecule has 4 aliphatic rings. The van der Waals surface area contributed by atoms with Crippen LogP contribution >= 0.6 is 0 Å². The number of anilines is 1. The zero-order chi connectivity index (χ0) is 18.3. The van der Waals surface area contributed by atoms with Crippen LogP contribution in [0, 0.1) is 0 Å². The van der Waals surface area contributed by atoms with Crippen LogP contribution in [-0.4, -0.2) is 84.9 Å². The van der Waals surface area contributed by atoms with Crippen molar-refractivity contribution >= 4 is 12.0 Å². The summed E-state index contributed by atoms with van der Waals surface area (Å²) >= 11 is 0. The van der Waals surface area contributed by atoms with Gasteiger partial charge in [-0.05, 0) is 19.3 Å². The molecule has 1 atom stereocenters. The number of aromatic nitrogens is 2. The summed E-state index contributed by atoms with van der Waals surface area (Å²) in [5.74, 6) is 0.780. The molecule has 1 aromatic rings. The first-order chi connectivity index (χ1) is 13.3. The minimum atomic E-state index is -0.201. The lowest BCUT2D eigenvalue weighted by molar-refractivity contribution is 0.0511. The van der Waals surface area contributed by atoms with Gasteiger partial charge in [0.1, 0.15) is 0 Å². The van der Waals surface area contributed by atoms with Crippen LogP contribution in [0.25, 0.3) is 0 Å². The standard InChI is InChI=1S/C19H27N5O3/c25-18(23-4-1-2-5-23)24-6-3-19(13-24)14-27-12-15-11-20-17(21-16(15)19)22-7-9-26-10-8-22/h11H,1-10,12-14H2. The van der Waals surface area contributed by atoms with Gasteiger partial charge in [0, 0.05) is 51.0 Å². The lowest BCUT2D eigenvalue weighted by Crippen LogP contribution is -2.45. The number of urea groups is 1. The van der Waals surface area contributed by atoms with E-state index in [-0.39, 0.29) is 11.4 Å². The predicted octanol–water partition coefficient (Wildman–Crippen LogP) is 1.00. The van der Waals surface area contributed by atoms with Gasteiger partial charge in [0.2, 0.25) is 5.95 Å². The number of ether oxygens (including phenoxy) is 2. The normalized spacial score (nSPS) is 28.1.